The maximum atomic E-state index is 11.7. The largest absolute Gasteiger partial charge is 0.486 e. The molecular formula is C17H16O2. The minimum atomic E-state index is -0.0107. The highest BCUT2D eigenvalue weighted by Crippen LogP contribution is 2.33. The molecule has 0 fully saturated rings. The number of carbonyl (C=O) groups excluding carboxylic acids is 1. The highest BCUT2D eigenvalue weighted by atomic mass is 16.5. The Bertz CT molecular complexity index is 602. The van der Waals surface area contributed by atoms with Gasteiger partial charge in [-0.25, -0.2) is 0 Å². The van der Waals surface area contributed by atoms with Gasteiger partial charge in [0.15, 0.2) is 5.78 Å². The molecule has 2 heteroatoms. The number of hydrogen-bond donors (Lipinski definition) is 0. The van der Waals surface area contributed by atoms with Gasteiger partial charge in [-0.15, -0.1) is 0 Å². The molecule has 0 heterocycles. The standard InChI is InChI=1S/C17H16O2/c1-12(13-6-3-2-4-7-13)19-17-9-5-8-14-15(17)10-11-16(14)18/h2-9,12H,10-11H2,1H3. The molecule has 0 N–H and O–H groups in total. The number of ketones is 1. The van der Waals surface area contributed by atoms with Crippen molar-refractivity contribution >= 4 is 5.78 Å². The molecule has 0 radical (unpaired) electrons. The van der Waals surface area contributed by atoms with Crippen LogP contribution in [0.3, 0.4) is 0 Å². The number of ether oxygens (including phenoxy) is 1. The van der Waals surface area contributed by atoms with E-state index in [9.17, 15) is 4.79 Å². The Morgan fingerprint density at radius 2 is 1.79 bits per heavy atom. The van der Waals surface area contributed by atoms with E-state index in [0.717, 1.165) is 28.9 Å². The number of hydrogen-bond acceptors (Lipinski definition) is 2. The predicted molar refractivity (Wildman–Crippen MR) is 74.6 cm³/mol. The lowest BCUT2D eigenvalue weighted by Gasteiger charge is -2.17. The molecule has 1 aliphatic carbocycles. The molecule has 1 atom stereocenters. The molecule has 0 saturated carbocycles. The molecule has 2 aromatic rings. The Morgan fingerprint density at radius 3 is 2.58 bits per heavy atom. The average molecular weight is 252 g/mol. The van der Waals surface area contributed by atoms with Crippen LogP contribution in [0.5, 0.6) is 5.75 Å². The van der Waals surface area contributed by atoms with Gasteiger partial charge in [-0.1, -0.05) is 42.5 Å². The Kier molecular flexibility index (Phi) is 3.08. The first kappa shape index (κ1) is 12.0. The smallest absolute Gasteiger partial charge is 0.163 e. The van der Waals surface area contributed by atoms with Gasteiger partial charge in [0.2, 0.25) is 0 Å². The summed E-state index contributed by atoms with van der Waals surface area (Å²) in [5.74, 6) is 1.08. The second-order valence-electron chi connectivity index (χ2n) is 4.88. The summed E-state index contributed by atoms with van der Waals surface area (Å²) in [6, 6.07) is 15.9. The number of rotatable bonds is 3. The Hall–Kier alpha value is -2.09. The lowest BCUT2D eigenvalue weighted by atomic mass is 10.1. The second-order valence-corrected chi connectivity index (χ2v) is 4.88. The fourth-order valence-electron chi connectivity index (χ4n) is 2.55. The van der Waals surface area contributed by atoms with Gasteiger partial charge in [0.25, 0.3) is 0 Å². The van der Waals surface area contributed by atoms with E-state index in [4.69, 9.17) is 4.74 Å². The molecule has 0 aliphatic heterocycles. The van der Waals surface area contributed by atoms with Gasteiger partial charge in [0.05, 0.1) is 0 Å². The quantitative estimate of drug-likeness (QED) is 0.826. The third kappa shape index (κ3) is 2.26. The van der Waals surface area contributed by atoms with Crippen LogP contribution in [0.1, 0.15) is 40.9 Å². The monoisotopic (exact) mass is 252 g/mol. The van der Waals surface area contributed by atoms with Crippen molar-refractivity contribution < 1.29 is 9.53 Å². The Morgan fingerprint density at radius 1 is 1.00 bits per heavy atom. The SMILES string of the molecule is CC(Oc1cccc2c1CCC2=O)c1ccccc1. The van der Waals surface area contributed by atoms with Crippen molar-refractivity contribution in [3.8, 4) is 5.75 Å². The van der Waals surface area contributed by atoms with Crippen LogP contribution in [0.4, 0.5) is 0 Å². The van der Waals surface area contributed by atoms with Crippen molar-refractivity contribution in [2.45, 2.75) is 25.9 Å². The van der Waals surface area contributed by atoms with Crippen molar-refractivity contribution in [3.05, 3.63) is 65.2 Å². The van der Waals surface area contributed by atoms with Gasteiger partial charge < -0.3 is 4.74 Å². The molecule has 0 bridgehead atoms. The van der Waals surface area contributed by atoms with Crippen LogP contribution in [0.25, 0.3) is 0 Å². The van der Waals surface area contributed by atoms with E-state index in [0.29, 0.717) is 6.42 Å². The molecular weight excluding hydrogens is 236 g/mol. The molecule has 1 aliphatic rings. The lowest BCUT2D eigenvalue weighted by molar-refractivity contribution is 0.0994. The minimum Gasteiger partial charge on any atom is -0.486 e. The summed E-state index contributed by atoms with van der Waals surface area (Å²) >= 11 is 0. The maximum Gasteiger partial charge on any atom is 0.163 e. The van der Waals surface area contributed by atoms with Crippen LogP contribution in [0.2, 0.25) is 0 Å². The van der Waals surface area contributed by atoms with Crippen LogP contribution >= 0.6 is 0 Å². The normalized spacial score (nSPS) is 15.1. The maximum absolute atomic E-state index is 11.7. The van der Waals surface area contributed by atoms with Gasteiger partial charge in [-0.2, -0.15) is 0 Å². The number of carbonyl (C=O) groups is 1. The summed E-state index contributed by atoms with van der Waals surface area (Å²) in [7, 11) is 0. The third-order valence-electron chi connectivity index (χ3n) is 3.61. The van der Waals surface area contributed by atoms with Crippen LogP contribution in [0.15, 0.2) is 48.5 Å². The fourth-order valence-corrected chi connectivity index (χ4v) is 2.55. The Balaban J connectivity index is 1.87. The van der Waals surface area contributed by atoms with E-state index in [1.807, 2.05) is 43.3 Å². The molecule has 19 heavy (non-hydrogen) atoms. The van der Waals surface area contributed by atoms with Crippen LogP contribution in [-0.4, -0.2) is 5.78 Å². The molecule has 0 amide bonds. The van der Waals surface area contributed by atoms with E-state index >= 15 is 0 Å². The summed E-state index contributed by atoms with van der Waals surface area (Å²) in [5, 5.41) is 0. The van der Waals surface area contributed by atoms with E-state index in [-0.39, 0.29) is 11.9 Å². The van der Waals surface area contributed by atoms with Crippen molar-refractivity contribution in [1.29, 1.82) is 0 Å². The van der Waals surface area contributed by atoms with Crippen molar-refractivity contribution in [1.82, 2.24) is 0 Å². The second kappa shape index (κ2) is 4.88. The van der Waals surface area contributed by atoms with Crippen molar-refractivity contribution in [3.63, 3.8) is 0 Å². The van der Waals surface area contributed by atoms with Gasteiger partial charge in [0.1, 0.15) is 11.9 Å². The molecule has 0 spiro atoms. The minimum absolute atomic E-state index is 0.0107. The van der Waals surface area contributed by atoms with E-state index in [2.05, 4.69) is 12.1 Å². The third-order valence-corrected chi connectivity index (χ3v) is 3.61. The van der Waals surface area contributed by atoms with Crippen LogP contribution in [-0.2, 0) is 6.42 Å². The fraction of sp³-hybridized carbons (Fsp3) is 0.235. The first-order valence-electron chi connectivity index (χ1n) is 6.62. The van der Waals surface area contributed by atoms with Crippen molar-refractivity contribution in [2.24, 2.45) is 0 Å². The zero-order valence-corrected chi connectivity index (χ0v) is 10.9. The van der Waals surface area contributed by atoms with E-state index in [1.165, 1.54) is 0 Å². The average Bonchev–Trinajstić information content (AvgIpc) is 2.83. The number of fused-ring (bicyclic) bond motifs is 1. The zero-order valence-electron chi connectivity index (χ0n) is 10.9. The summed E-state index contributed by atoms with van der Waals surface area (Å²) in [6.45, 7) is 2.03. The first-order valence-corrected chi connectivity index (χ1v) is 6.62. The highest BCUT2D eigenvalue weighted by Gasteiger charge is 2.23. The molecule has 96 valence electrons. The zero-order chi connectivity index (χ0) is 13.2. The van der Waals surface area contributed by atoms with Gasteiger partial charge >= 0.3 is 0 Å². The van der Waals surface area contributed by atoms with Gasteiger partial charge in [-0.3, -0.25) is 4.79 Å². The first-order chi connectivity index (χ1) is 9.25. The lowest BCUT2D eigenvalue weighted by Crippen LogP contribution is -2.04. The van der Waals surface area contributed by atoms with E-state index in [1.54, 1.807) is 0 Å². The number of benzene rings is 2. The molecule has 0 aromatic heterocycles. The number of Topliss-reactive ketones (excluding diaryl/α,β-unsaturated/α-hetero) is 1. The van der Waals surface area contributed by atoms with Gasteiger partial charge in [0, 0.05) is 17.5 Å². The van der Waals surface area contributed by atoms with E-state index < -0.39 is 0 Å². The Labute approximate surface area is 113 Å². The molecule has 0 saturated heterocycles. The molecule has 2 aromatic carbocycles. The summed E-state index contributed by atoms with van der Waals surface area (Å²) in [4.78, 5) is 11.7. The summed E-state index contributed by atoms with van der Waals surface area (Å²) in [5.41, 5.74) is 3.04. The molecule has 1 unspecified atom stereocenters. The highest BCUT2D eigenvalue weighted by molar-refractivity contribution is 6.01. The predicted octanol–water partition coefficient (Wildman–Crippen LogP) is 3.96. The van der Waals surface area contributed by atoms with Crippen molar-refractivity contribution in [2.75, 3.05) is 0 Å². The van der Waals surface area contributed by atoms with Gasteiger partial charge in [-0.05, 0) is 25.0 Å². The molecule has 3 rings (SSSR count). The summed E-state index contributed by atoms with van der Waals surface area (Å²) in [6.07, 6.45) is 1.39. The van der Waals surface area contributed by atoms with Crippen LogP contribution in [0, 0.1) is 0 Å². The van der Waals surface area contributed by atoms with Crippen LogP contribution < -0.4 is 4.74 Å². The molecule has 2 nitrogen and oxygen atoms in total. The summed E-state index contributed by atoms with van der Waals surface area (Å²) < 4.78 is 6.04. The topological polar surface area (TPSA) is 26.3 Å².